The molecule has 0 amide bonds. The normalized spacial score (nSPS) is 16.8. The molecular formula is C31H31ClN4O5S. The maximum Gasteiger partial charge on any atom is 0.265 e. The molecule has 0 spiro atoms. The third-order valence-electron chi connectivity index (χ3n) is 7.75. The van der Waals surface area contributed by atoms with Gasteiger partial charge in [0.15, 0.2) is 0 Å². The second-order valence-corrected chi connectivity index (χ2v) is 12.8. The number of sulfonamides is 1. The van der Waals surface area contributed by atoms with Gasteiger partial charge in [0.1, 0.15) is 0 Å². The Morgan fingerprint density at radius 3 is 2.36 bits per heavy atom. The Labute approximate surface area is 249 Å². The Hall–Kier alpha value is -3.70. The highest BCUT2D eigenvalue weighted by Gasteiger charge is 2.26. The number of aliphatic imine (C=N–C) groups is 1. The number of anilines is 1. The number of fused-ring (bicyclic) bond motifs is 1. The summed E-state index contributed by atoms with van der Waals surface area (Å²) in [5.41, 5.74) is 1.52. The van der Waals surface area contributed by atoms with Crippen LogP contribution in [0.1, 0.15) is 24.8 Å². The van der Waals surface area contributed by atoms with Gasteiger partial charge in [0.2, 0.25) is 15.9 Å². The van der Waals surface area contributed by atoms with E-state index in [2.05, 4.69) is 9.89 Å². The van der Waals surface area contributed by atoms with Crippen molar-refractivity contribution < 1.29 is 18.3 Å². The number of rotatable bonds is 6. The van der Waals surface area contributed by atoms with Gasteiger partial charge in [-0.1, -0.05) is 42.3 Å². The number of piperidine rings is 1. The summed E-state index contributed by atoms with van der Waals surface area (Å²) in [6, 6.07) is 18.7. The quantitative estimate of drug-likeness (QED) is 0.306. The summed E-state index contributed by atoms with van der Waals surface area (Å²) in [4.78, 5) is 20.7. The van der Waals surface area contributed by atoms with Crippen LogP contribution in [-0.4, -0.2) is 68.0 Å². The number of morpholine rings is 1. The van der Waals surface area contributed by atoms with E-state index in [1.54, 1.807) is 54.6 Å². The monoisotopic (exact) mass is 606 g/mol. The van der Waals surface area contributed by atoms with E-state index in [-0.39, 0.29) is 10.8 Å². The SMILES string of the molecule is O=c1c2ccccc2c(C=Nc2cccc(S(=O)(=O)N3CCCCC3)c2)c(O)n1-c1cc(Cl)ccc1N1CCOCC1. The summed E-state index contributed by atoms with van der Waals surface area (Å²) in [7, 11) is -3.64. The molecule has 3 aromatic carbocycles. The molecule has 2 aliphatic rings. The average Bonchev–Trinajstić information content (AvgIpc) is 3.02. The number of nitrogens with zero attached hydrogens (tertiary/aromatic N) is 4. The van der Waals surface area contributed by atoms with Crippen LogP contribution in [-0.2, 0) is 14.8 Å². The molecule has 1 aromatic heterocycles. The third kappa shape index (κ3) is 5.43. The van der Waals surface area contributed by atoms with E-state index in [4.69, 9.17) is 16.3 Å². The fraction of sp³-hybridized carbons (Fsp3) is 0.290. The summed E-state index contributed by atoms with van der Waals surface area (Å²) in [6.07, 6.45) is 4.19. The number of hydrogen-bond donors (Lipinski definition) is 1. The van der Waals surface area contributed by atoms with Crippen molar-refractivity contribution in [1.82, 2.24) is 8.87 Å². The predicted octanol–water partition coefficient (Wildman–Crippen LogP) is 5.11. The highest BCUT2D eigenvalue weighted by molar-refractivity contribution is 7.89. The van der Waals surface area contributed by atoms with Crippen molar-refractivity contribution in [3.63, 3.8) is 0 Å². The lowest BCUT2D eigenvalue weighted by Gasteiger charge is -2.31. The molecule has 42 heavy (non-hydrogen) atoms. The largest absolute Gasteiger partial charge is 0.494 e. The second kappa shape index (κ2) is 11.9. The molecule has 0 bridgehead atoms. The molecule has 2 aliphatic heterocycles. The summed E-state index contributed by atoms with van der Waals surface area (Å²) >= 11 is 6.40. The third-order valence-corrected chi connectivity index (χ3v) is 9.88. The van der Waals surface area contributed by atoms with Crippen molar-refractivity contribution in [3.8, 4) is 11.6 Å². The number of aromatic nitrogens is 1. The van der Waals surface area contributed by atoms with Crippen molar-refractivity contribution in [1.29, 1.82) is 0 Å². The molecule has 3 heterocycles. The second-order valence-electron chi connectivity index (χ2n) is 10.4. The van der Waals surface area contributed by atoms with Gasteiger partial charge in [-0.05, 0) is 55.3 Å². The minimum atomic E-state index is -3.64. The molecule has 0 atom stereocenters. The fourth-order valence-electron chi connectivity index (χ4n) is 5.58. The van der Waals surface area contributed by atoms with E-state index in [1.807, 2.05) is 6.07 Å². The maximum atomic E-state index is 13.8. The first-order valence-corrected chi connectivity index (χ1v) is 15.8. The molecule has 4 aromatic rings. The number of benzene rings is 3. The zero-order valence-electron chi connectivity index (χ0n) is 22.9. The van der Waals surface area contributed by atoms with Crippen LogP contribution in [0.15, 0.2) is 81.4 Å². The number of hydrogen-bond acceptors (Lipinski definition) is 7. The summed E-state index contributed by atoms with van der Waals surface area (Å²) in [5.74, 6) is -0.295. The molecule has 0 saturated carbocycles. The lowest BCUT2D eigenvalue weighted by molar-refractivity contribution is 0.122. The summed E-state index contributed by atoms with van der Waals surface area (Å²) in [5, 5.41) is 13.0. The number of aromatic hydroxyl groups is 1. The van der Waals surface area contributed by atoms with Crippen LogP contribution in [0.5, 0.6) is 5.88 Å². The first kappa shape index (κ1) is 28.4. The van der Waals surface area contributed by atoms with Crippen molar-refractivity contribution in [3.05, 3.63) is 87.7 Å². The maximum absolute atomic E-state index is 13.8. The summed E-state index contributed by atoms with van der Waals surface area (Å²) < 4.78 is 34.8. The Bertz CT molecular complexity index is 1830. The number of pyridine rings is 1. The predicted molar refractivity (Wildman–Crippen MR) is 166 cm³/mol. The van der Waals surface area contributed by atoms with Crippen LogP contribution in [0.3, 0.4) is 0 Å². The fourth-order valence-corrected chi connectivity index (χ4v) is 7.30. The van der Waals surface area contributed by atoms with E-state index in [0.717, 1.165) is 24.9 Å². The van der Waals surface area contributed by atoms with Crippen LogP contribution < -0.4 is 10.5 Å². The highest BCUT2D eigenvalue weighted by atomic mass is 35.5. The Morgan fingerprint density at radius 1 is 0.857 bits per heavy atom. The smallest absolute Gasteiger partial charge is 0.265 e. The molecular weight excluding hydrogens is 576 g/mol. The molecule has 9 nitrogen and oxygen atoms in total. The lowest BCUT2D eigenvalue weighted by Crippen LogP contribution is -2.37. The Balaban J connectivity index is 1.46. The molecule has 218 valence electrons. The summed E-state index contributed by atoms with van der Waals surface area (Å²) in [6.45, 7) is 3.36. The van der Waals surface area contributed by atoms with Gasteiger partial charge in [0.25, 0.3) is 5.56 Å². The average molecular weight is 607 g/mol. The van der Waals surface area contributed by atoms with Gasteiger partial charge in [-0.2, -0.15) is 4.31 Å². The van der Waals surface area contributed by atoms with Crippen LogP contribution in [0, 0.1) is 0 Å². The minimum Gasteiger partial charge on any atom is -0.494 e. The Morgan fingerprint density at radius 2 is 1.60 bits per heavy atom. The van der Waals surface area contributed by atoms with Crippen LogP contribution in [0.4, 0.5) is 11.4 Å². The molecule has 0 unspecified atom stereocenters. The highest BCUT2D eigenvalue weighted by Crippen LogP contribution is 2.33. The molecule has 1 N–H and O–H groups in total. The molecule has 0 radical (unpaired) electrons. The first-order valence-electron chi connectivity index (χ1n) is 14.0. The topological polar surface area (TPSA) is 104 Å². The van der Waals surface area contributed by atoms with E-state index >= 15 is 0 Å². The number of halogens is 1. The van der Waals surface area contributed by atoms with Gasteiger partial charge in [-0.25, -0.2) is 13.0 Å². The van der Waals surface area contributed by atoms with Crippen molar-refractivity contribution >= 4 is 50.0 Å². The molecule has 11 heteroatoms. The van der Waals surface area contributed by atoms with E-state index < -0.39 is 15.6 Å². The van der Waals surface area contributed by atoms with Gasteiger partial charge in [-0.3, -0.25) is 9.79 Å². The van der Waals surface area contributed by atoms with E-state index in [1.165, 1.54) is 21.2 Å². The first-order chi connectivity index (χ1) is 20.3. The minimum absolute atomic E-state index is 0.173. The number of ether oxygens (including phenoxy) is 1. The molecule has 2 saturated heterocycles. The van der Waals surface area contributed by atoms with Gasteiger partial charge < -0.3 is 14.7 Å². The van der Waals surface area contributed by atoms with Gasteiger partial charge in [0.05, 0.1) is 40.7 Å². The van der Waals surface area contributed by atoms with E-state index in [0.29, 0.717) is 72.1 Å². The van der Waals surface area contributed by atoms with Crippen LogP contribution in [0.25, 0.3) is 16.5 Å². The van der Waals surface area contributed by atoms with Gasteiger partial charge in [-0.15, -0.1) is 0 Å². The van der Waals surface area contributed by atoms with Crippen LogP contribution >= 0.6 is 11.6 Å². The zero-order valence-corrected chi connectivity index (χ0v) is 24.5. The van der Waals surface area contributed by atoms with Crippen molar-refractivity contribution in [2.24, 2.45) is 4.99 Å². The molecule has 2 fully saturated rings. The zero-order chi connectivity index (χ0) is 29.3. The van der Waals surface area contributed by atoms with Crippen LogP contribution in [0.2, 0.25) is 5.02 Å². The van der Waals surface area contributed by atoms with Crippen molar-refractivity contribution in [2.75, 3.05) is 44.3 Å². The lowest BCUT2D eigenvalue weighted by atomic mass is 10.1. The van der Waals surface area contributed by atoms with Gasteiger partial charge >= 0.3 is 0 Å². The molecule has 0 aliphatic carbocycles. The van der Waals surface area contributed by atoms with Crippen molar-refractivity contribution in [2.45, 2.75) is 24.2 Å². The molecule has 6 rings (SSSR count). The Kier molecular flexibility index (Phi) is 8.04. The van der Waals surface area contributed by atoms with Gasteiger partial charge in [0, 0.05) is 48.2 Å². The standard InChI is InChI=1S/C31H31ClN4O5S/c32-22-11-12-28(34-15-17-41-18-16-34)29(19-22)36-30(37)26-10-3-2-9-25(26)27(31(36)38)21-33-23-7-6-8-24(20-23)42(39,40)35-13-4-1-5-14-35/h2-3,6-12,19-21,38H,1,4-5,13-18H2. The van der Waals surface area contributed by atoms with E-state index in [9.17, 15) is 18.3 Å².